The molecular formula is C14H21N3O4S. The first kappa shape index (κ1) is 15.5. The van der Waals surface area contributed by atoms with Crippen LogP contribution in [0, 0.1) is 17.8 Å². The van der Waals surface area contributed by atoms with Crippen LogP contribution in [0.4, 0.5) is 0 Å². The Morgan fingerprint density at radius 3 is 2.45 bits per heavy atom. The number of sulfonamides is 1. The van der Waals surface area contributed by atoms with E-state index < -0.39 is 15.9 Å². The summed E-state index contributed by atoms with van der Waals surface area (Å²) in [6.45, 7) is 0. The van der Waals surface area contributed by atoms with Gasteiger partial charge in [-0.05, 0) is 43.9 Å². The molecular weight excluding hydrogens is 306 g/mol. The van der Waals surface area contributed by atoms with E-state index in [1.165, 1.54) is 17.1 Å². The molecule has 2 aliphatic carbocycles. The first-order valence-electron chi connectivity index (χ1n) is 7.57. The normalized spacial score (nSPS) is 31.7. The highest BCUT2D eigenvalue weighted by Crippen LogP contribution is 2.42. The van der Waals surface area contributed by atoms with Crippen LogP contribution in [0.5, 0.6) is 0 Å². The molecule has 1 aromatic heterocycles. The van der Waals surface area contributed by atoms with Crippen molar-refractivity contribution in [2.24, 2.45) is 24.8 Å². The molecule has 1 amide bonds. The highest BCUT2D eigenvalue weighted by molar-refractivity contribution is 7.90. The minimum absolute atomic E-state index is 0.00484. The first-order chi connectivity index (χ1) is 10.3. The summed E-state index contributed by atoms with van der Waals surface area (Å²) in [7, 11) is -2.24. The minimum Gasteiger partial charge on any atom is -0.393 e. The second kappa shape index (κ2) is 5.66. The molecule has 2 bridgehead atoms. The number of hydrogen-bond acceptors (Lipinski definition) is 5. The molecule has 22 heavy (non-hydrogen) atoms. The Morgan fingerprint density at radius 1 is 1.27 bits per heavy atom. The van der Waals surface area contributed by atoms with Crippen molar-refractivity contribution in [2.75, 3.05) is 0 Å². The zero-order valence-corrected chi connectivity index (χ0v) is 13.3. The third kappa shape index (κ3) is 3.17. The van der Waals surface area contributed by atoms with Crippen LogP contribution in [0.3, 0.4) is 0 Å². The molecule has 3 rings (SSSR count). The Morgan fingerprint density at radius 2 is 1.91 bits per heavy atom. The predicted molar refractivity (Wildman–Crippen MR) is 78.1 cm³/mol. The van der Waals surface area contributed by atoms with Gasteiger partial charge in [-0.1, -0.05) is 0 Å². The van der Waals surface area contributed by atoms with Gasteiger partial charge in [-0.3, -0.25) is 9.48 Å². The Hall–Kier alpha value is -1.41. The average Bonchev–Trinajstić information content (AvgIpc) is 2.84. The lowest BCUT2D eigenvalue weighted by Gasteiger charge is -2.40. The second-order valence-corrected chi connectivity index (χ2v) is 8.26. The molecule has 1 aromatic rings. The van der Waals surface area contributed by atoms with Crippen molar-refractivity contribution in [3.8, 4) is 0 Å². The summed E-state index contributed by atoms with van der Waals surface area (Å²) in [6, 6.07) is 0. The summed E-state index contributed by atoms with van der Waals surface area (Å²) in [6.07, 6.45) is 6.10. The van der Waals surface area contributed by atoms with Crippen LogP contribution in [0.1, 0.15) is 32.1 Å². The fourth-order valence-electron chi connectivity index (χ4n) is 3.84. The lowest BCUT2D eigenvalue weighted by molar-refractivity contribution is -0.126. The van der Waals surface area contributed by atoms with Gasteiger partial charge in [-0.25, -0.2) is 13.1 Å². The van der Waals surface area contributed by atoms with Crippen molar-refractivity contribution in [3.05, 3.63) is 12.4 Å². The number of carbonyl (C=O) groups excluding carboxylic acids is 1. The third-order valence-electron chi connectivity index (χ3n) is 4.71. The van der Waals surface area contributed by atoms with E-state index in [9.17, 15) is 18.3 Å². The topological polar surface area (TPSA) is 101 Å². The maximum Gasteiger partial charge on any atom is 0.267 e. The fraction of sp³-hybridized carbons (Fsp3) is 0.714. The third-order valence-corrected chi connectivity index (χ3v) is 6.01. The number of nitrogens with zero attached hydrogens (tertiary/aromatic N) is 2. The minimum atomic E-state index is -3.85. The maximum absolute atomic E-state index is 12.3. The zero-order chi connectivity index (χ0) is 15.9. The Bertz CT molecular complexity index is 651. The molecule has 2 unspecified atom stereocenters. The molecule has 2 aliphatic rings. The highest BCUT2D eigenvalue weighted by Gasteiger charge is 2.39. The predicted octanol–water partition coefficient (Wildman–Crippen LogP) is 0.412. The maximum atomic E-state index is 12.3. The van der Waals surface area contributed by atoms with Gasteiger partial charge in [0, 0.05) is 19.2 Å². The van der Waals surface area contributed by atoms with Crippen molar-refractivity contribution < 1.29 is 18.3 Å². The molecule has 0 spiro atoms. The van der Waals surface area contributed by atoms with Crippen molar-refractivity contribution in [1.82, 2.24) is 14.5 Å². The van der Waals surface area contributed by atoms with Gasteiger partial charge in [0.05, 0.1) is 12.3 Å². The van der Waals surface area contributed by atoms with Crippen molar-refractivity contribution in [2.45, 2.75) is 43.1 Å². The van der Waals surface area contributed by atoms with E-state index in [4.69, 9.17) is 0 Å². The first-order valence-corrected chi connectivity index (χ1v) is 9.05. The lowest BCUT2D eigenvalue weighted by Crippen LogP contribution is -2.42. The van der Waals surface area contributed by atoms with Gasteiger partial charge in [-0.2, -0.15) is 5.10 Å². The van der Waals surface area contributed by atoms with Crippen LogP contribution in [-0.2, 0) is 21.9 Å². The van der Waals surface area contributed by atoms with Gasteiger partial charge in [0.2, 0.25) is 5.91 Å². The van der Waals surface area contributed by atoms with E-state index in [1.54, 1.807) is 7.05 Å². The molecule has 8 heteroatoms. The molecule has 2 fully saturated rings. The van der Waals surface area contributed by atoms with E-state index in [0.29, 0.717) is 24.7 Å². The Balaban J connectivity index is 1.67. The molecule has 2 N–H and O–H groups in total. The monoisotopic (exact) mass is 327 g/mol. The number of hydrogen-bond donors (Lipinski definition) is 2. The number of aliphatic hydroxyl groups is 1. The zero-order valence-electron chi connectivity index (χ0n) is 12.5. The quantitative estimate of drug-likeness (QED) is 0.837. The van der Waals surface area contributed by atoms with Crippen LogP contribution in [0.2, 0.25) is 0 Å². The van der Waals surface area contributed by atoms with Crippen LogP contribution in [-0.4, -0.2) is 35.3 Å². The largest absolute Gasteiger partial charge is 0.393 e. The summed E-state index contributed by atoms with van der Waals surface area (Å²) in [5, 5.41) is 13.6. The van der Waals surface area contributed by atoms with Crippen molar-refractivity contribution in [1.29, 1.82) is 0 Å². The second-order valence-electron chi connectivity index (χ2n) is 6.58. The number of aryl methyl sites for hydroxylation is 1. The van der Waals surface area contributed by atoms with Gasteiger partial charge in [0.15, 0.2) is 0 Å². The van der Waals surface area contributed by atoms with Gasteiger partial charge in [0.1, 0.15) is 4.90 Å². The van der Waals surface area contributed by atoms with E-state index in [1.807, 2.05) is 0 Å². The van der Waals surface area contributed by atoms with Gasteiger partial charge in [0.25, 0.3) is 10.0 Å². The molecule has 0 aromatic carbocycles. The molecule has 0 radical (unpaired) electrons. The Labute approximate surface area is 129 Å². The van der Waals surface area contributed by atoms with E-state index >= 15 is 0 Å². The number of fused-ring (bicyclic) bond motifs is 2. The van der Waals surface area contributed by atoms with E-state index in [0.717, 1.165) is 19.3 Å². The van der Waals surface area contributed by atoms with Gasteiger partial charge >= 0.3 is 0 Å². The van der Waals surface area contributed by atoms with Crippen LogP contribution < -0.4 is 4.72 Å². The molecule has 7 nitrogen and oxygen atoms in total. The van der Waals surface area contributed by atoms with Gasteiger partial charge in [-0.15, -0.1) is 0 Å². The van der Waals surface area contributed by atoms with Crippen molar-refractivity contribution >= 4 is 15.9 Å². The summed E-state index contributed by atoms with van der Waals surface area (Å²) >= 11 is 0. The molecule has 2 saturated carbocycles. The fourth-order valence-corrected chi connectivity index (χ4v) is 4.87. The standard InChI is InChI=1S/C14H21N3O4S/c1-17-8-13(7-15-17)22(20,21)16-14(19)11-3-9-2-10(4-11)6-12(18)5-9/h7-12,18H,2-6H2,1H3,(H,16,19)/t9-,10+,11?,12?. The van der Waals surface area contributed by atoms with E-state index in [2.05, 4.69) is 9.82 Å². The van der Waals surface area contributed by atoms with E-state index in [-0.39, 0.29) is 16.9 Å². The molecule has 122 valence electrons. The molecule has 0 aliphatic heterocycles. The van der Waals surface area contributed by atoms with Crippen LogP contribution >= 0.6 is 0 Å². The summed E-state index contributed by atoms with van der Waals surface area (Å²) in [4.78, 5) is 12.3. The Kier molecular flexibility index (Phi) is 3.98. The van der Waals surface area contributed by atoms with Crippen LogP contribution in [0.15, 0.2) is 17.3 Å². The number of aliphatic hydroxyl groups excluding tert-OH is 1. The molecule has 1 heterocycles. The number of carbonyl (C=O) groups is 1. The molecule has 4 atom stereocenters. The number of rotatable bonds is 3. The molecule has 0 saturated heterocycles. The summed E-state index contributed by atoms with van der Waals surface area (Å²) < 4.78 is 27.9. The summed E-state index contributed by atoms with van der Waals surface area (Å²) in [5.41, 5.74) is 0. The number of amides is 1. The smallest absolute Gasteiger partial charge is 0.267 e. The number of aromatic nitrogens is 2. The number of nitrogens with one attached hydrogen (secondary N) is 1. The van der Waals surface area contributed by atoms with Crippen LogP contribution in [0.25, 0.3) is 0 Å². The lowest BCUT2D eigenvalue weighted by atomic mass is 9.67. The highest BCUT2D eigenvalue weighted by atomic mass is 32.2. The SMILES string of the molecule is Cn1cc(S(=O)(=O)NC(=O)C2C[C@H]3CC(O)C[C@@H](C2)C3)cn1. The van der Waals surface area contributed by atoms with Gasteiger partial charge < -0.3 is 5.11 Å². The average molecular weight is 327 g/mol. The van der Waals surface area contributed by atoms with Crippen molar-refractivity contribution in [3.63, 3.8) is 0 Å². The summed E-state index contributed by atoms with van der Waals surface area (Å²) in [5.74, 6) is -0.0867.